The Kier molecular flexibility index (Phi) is 8.78. The average molecular weight is 515 g/mol. The molecule has 36 heavy (non-hydrogen) atoms. The minimum Gasteiger partial charge on any atom is -0.466 e. The summed E-state index contributed by atoms with van der Waals surface area (Å²) in [4.78, 5) is 44.8. The molecular formula is C28H38N2O5S. The van der Waals surface area contributed by atoms with E-state index in [-0.39, 0.29) is 36.2 Å². The third kappa shape index (κ3) is 4.94. The van der Waals surface area contributed by atoms with E-state index in [1.54, 1.807) is 34.6 Å². The van der Waals surface area contributed by atoms with E-state index in [9.17, 15) is 14.4 Å². The van der Waals surface area contributed by atoms with E-state index in [0.29, 0.717) is 19.6 Å². The minimum atomic E-state index is -0.606. The number of ether oxygens (including phenoxy) is 1. The highest BCUT2D eigenvalue weighted by Gasteiger charge is 2.74. The van der Waals surface area contributed by atoms with Crippen LogP contribution in [0.2, 0.25) is 0 Å². The number of hydrogen-bond donors (Lipinski definition) is 1. The van der Waals surface area contributed by atoms with E-state index in [2.05, 4.69) is 6.58 Å². The third-order valence-corrected chi connectivity index (χ3v) is 9.73. The number of amides is 2. The average Bonchev–Trinajstić information content (AvgIpc) is 3.51. The van der Waals surface area contributed by atoms with Crippen LogP contribution < -0.4 is 0 Å². The van der Waals surface area contributed by atoms with Gasteiger partial charge in [-0.25, -0.2) is 0 Å². The number of carbonyl (C=O) groups is 3. The van der Waals surface area contributed by atoms with Crippen LogP contribution in [-0.2, 0) is 25.7 Å². The molecule has 1 spiro atoms. The van der Waals surface area contributed by atoms with Crippen LogP contribution in [0.5, 0.6) is 0 Å². The lowest BCUT2D eigenvalue weighted by molar-refractivity contribution is -0.153. The Morgan fingerprint density at radius 1 is 1.25 bits per heavy atom. The molecule has 1 aromatic carbocycles. The number of aliphatic hydroxyl groups excluding tert-OH is 1. The van der Waals surface area contributed by atoms with Gasteiger partial charge in [0.2, 0.25) is 11.8 Å². The number of benzene rings is 1. The topological polar surface area (TPSA) is 87.2 Å². The molecule has 2 bridgehead atoms. The van der Waals surface area contributed by atoms with E-state index in [0.717, 1.165) is 44.1 Å². The Morgan fingerprint density at radius 2 is 2.00 bits per heavy atom. The SMILES string of the molecule is C=CCN(Cc1ccccc1)C(=O)C1N(CCCCCCO)C(=O)[C@@H]2[C@@H](C(=O)OCC)[C@H]3CCC12S3. The van der Waals surface area contributed by atoms with Gasteiger partial charge in [-0.05, 0) is 38.2 Å². The first-order chi connectivity index (χ1) is 17.5. The van der Waals surface area contributed by atoms with Gasteiger partial charge in [0.15, 0.2) is 0 Å². The van der Waals surface area contributed by atoms with Crippen molar-refractivity contribution in [3.63, 3.8) is 0 Å². The van der Waals surface area contributed by atoms with Gasteiger partial charge in [0.1, 0.15) is 6.04 Å². The molecule has 3 aliphatic heterocycles. The van der Waals surface area contributed by atoms with Crippen LogP contribution in [0.15, 0.2) is 43.0 Å². The van der Waals surface area contributed by atoms with Gasteiger partial charge in [-0.2, -0.15) is 0 Å². The lowest BCUT2D eigenvalue weighted by atomic mass is 9.71. The standard InChI is InChI=1S/C28H38N2O5S/c1-3-16-29(19-20-12-8-7-9-13-20)26(33)24-28-15-14-21(36-28)22(27(34)35-4-2)23(28)25(32)30(24)17-10-5-6-11-18-31/h3,7-9,12-13,21-24,31H,1,4-6,10-11,14-19H2,2H3/t21-,22+,23+,24?,28?/m1/s1. The summed E-state index contributed by atoms with van der Waals surface area (Å²) < 4.78 is 4.80. The molecule has 2 amide bonds. The molecule has 7 nitrogen and oxygen atoms in total. The maximum atomic E-state index is 14.3. The monoisotopic (exact) mass is 514 g/mol. The van der Waals surface area contributed by atoms with Crippen molar-refractivity contribution in [2.24, 2.45) is 11.8 Å². The predicted molar refractivity (Wildman–Crippen MR) is 140 cm³/mol. The zero-order chi connectivity index (χ0) is 25.7. The van der Waals surface area contributed by atoms with Crippen LogP contribution >= 0.6 is 11.8 Å². The predicted octanol–water partition coefficient (Wildman–Crippen LogP) is 3.41. The minimum absolute atomic E-state index is 0.0157. The lowest BCUT2D eigenvalue weighted by Crippen LogP contribution is -2.54. The van der Waals surface area contributed by atoms with Crippen molar-refractivity contribution in [1.82, 2.24) is 9.80 Å². The molecule has 3 heterocycles. The van der Waals surface area contributed by atoms with Crippen molar-refractivity contribution in [1.29, 1.82) is 0 Å². The first-order valence-corrected chi connectivity index (χ1v) is 14.1. The van der Waals surface area contributed by atoms with Crippen molar-refractivity contribution in [2.45, 2.75) is 68.0 Å². The van der Waals surface area contributed by atoms with Crippen molar-refractivity contribution in [2.75, 3.05) is 26.3 Å². The first kappa shape index (κ1) is 26.7. The largest absolute Gasteiger partial charge is 0.466 e. The maximum absolute atomic E-state index is 14.3. The van der Waals surface area contributed by atoms with Crippen LogP contribution in [0, 0.1) is 11.8 Å². The van der Waals surface area contributed by atoms with E-state index in [4.69, 9.17) is 9.84 Å². The molecule has 1 N–H and O–H groups in total. The van der Waals surface area contributed by atoms with Gasteiger partial charge < -0.3 is 19.6 Å². The van der Waals surface area contributed by atoms with Gasteiger partial charge in [-0.15, -0.1) is 18.3 Å². The Labute approximate surface area is 218 Å². The number of aliphatic hydroxyl groups is 1. The van der Waals surface area contributed by atoms with E-state index in [1.807, 2.05) is 30.3 Å². The fraction of sp³-hybridized carbons (Fsp3) is 0.607. The summed E-state index contributed by atoms with van der Waals surface area (Å²) in [6.07, 6.45) is 6.54. The zero-order valence-electron chi connectivity index (χ0n) is 21.1. The van der Waals surface area contributed by atoms with Gasteiger partial charge in [0, 0.05) is 31.5 Å². The van der Waals surface area contributed by atoms with Gasteiger partial charge in [0.25, 0.3) is 0 Å². The van der Waals surface area contributed by atoms with Crippen LogP contribution in [0.25, 0.3) is 0 Å². The molecule has 0 aliphatic carbocycles. The van der Waals surface area contributed by atoms with E-state index < -0.39 is 22.6 Å². The molecule has 0 radical (unpaired) electrons. The summed E-state index contributed by atoms with van der Waals surface area (Å²) in [6.45, 7) is 7.40. The van der Waals surface area contributed by atoms with Crippen molar-refractivity contribution in [3.8, 4) is 0 Å². The molecule has 0 aromatic heterocycles. The van der Waals surface area contributed by atoms with Gasteiger partial charge >= 0.3 is 5.97 Å². The lowest BCUT2D eigenvalue weighted by Gasteiger charge is -2.37. The van der Waals surface area contributed by atoms with Crippen molar-refractivity contribution >= 4 is 29.5 Å². The van der Waals surface area contributed by atoms with Gasteiger partial charge in [-0.1, -0.05) is 49.2 Å². The molecular weight excluding hydrogens is 476 g/mol. The molecule has 0 saturated carbocycles. The molecule has 196 valence electrons. The number of hydrogen-bond acceptors (Lipinski definition) is 6. The van der Waals surface area contributed by atoms with E-state index in [1.165, 1.54) is 0 Å². The Bertz CT molecular complexity index is 957. The van der Waals surface area contributed by atoms with Crippen LogP contribution in [0.1, 0.15) is 51.0 Å². The van der Waals surface area contributed by atoms with Crippen molar-refractivity contribution < 1.29 is 24.2 Å². The number of esters is 1. The van der Waals surface area contributed by atoms with Crippen LogP contribution in [0.4, 0.5) is 0 Å². The molecule has 2 unspecified atom stereocenters. The molecule has 3 saturated heterocycles. The highest BCUT2D eigenvalue weighted by atomic mass is 32.2. The second-order valence-corrected chi connectivity index (χ2v) is 11.6. The van der Waals surface area contributed by atoms with Crippen molar-refractivity contribution in [3.05, 3.63) is 48.6 Å². The summed E-state index contributed by atoms with van der Waals surface area (Å²) in [5.74, 6) is -1.47. The second kappa shape index (κ2) is 11.8. The first-order valence-electron chi connectivity index (χ1n) is 13.2. The molecule has 3 fully saturated rings. The number of nitrogens with zero attached hydrogens (tertiary/aromatic N) is 2. The summed E-state index contributed by atoms with van der Waals surface area (Å²) in [7, 11) is 0. The molecule has 8 heteroatoms. The summed E-state index contributed by atoms with van der Waals surface area (Å²) in [5, 5.41) is 9.12. The fourth-order valence-corrected chi connectivity index (χ4v) is 8.49. The van der Waals surface area contributed by atoms with Crippen LogP contribution in [-0.4, -0.2) is 75.0 Å². The summed E-state index contributed by atoms with van der Waals surface area (Å²) >= 11 is 1.68. The number of rotatable bonds is 13. The fourth-order valence-electron chi connectivity index (χ4n) is 6.29. The third-order valence-electron chi connectivity index (χ3n) is 7.78. The number of thioether (sulfide) groups is 1. The highest BCUT2D eigenvalue weighted by molar-refractivity contribution is 8.02. The molecule has 5 atom stereocenters. The zero-order valence-corrected chi connectivity index (χ0v) is 22.0. The van der Waals surface area contributed by atoms with E-state index >= 15 is 0 Å². The smallest absolute Gasteiger partial charge is 0.310 e. The Hall–Kier alpha value is -2.32. The summed E-state index contributed by atoms with van der Waals surface area (Å²) in [6, 6.07) is 9.25. The van der Waals surface area contributed by atoms with Gasteiger partial charge in [-0.3, -0.25) is 14.4 Å². The number of likely N-dealkylation sites (tertiary alicyclic amines) is 1. The second-order valence-electron chi connectivity index (χ2n) is 9.97. The Balaban J connectivity index is 1.64. The highest BCUT2D eigenvalue weighted by Crippen LogP contribution is 2.66. The molecule has 1 aromatic rings. The maximum Gasteiger partial charge on any atom is 0.310 e. The quantitative estimate of drug-likeness (QED) is 0.247. The molecule has 4 rings (SSSR count). The summed E-state index contributed by atoms with van der Waals surface area (Å²) in [5.41, 5.74) is 1.02. The Morgan fingerprint density at radius 3 is 2.69 bits per heavy atom. The number of unbranched alkanes of at least 4 members (excludes halogenated alkanes) is 3. The van der Waals surface area contributed by atoms with Gasteiger partial charge in [0.05, 0.1) is 23.2 Å². The number of carbonyl (C=O) groups excluding carboxylic acids is 3. The van der Waals surface area contributed by atoms with Crippen LogP contribution in [0.3, 0.4) is 0 Å². The normalized spacial score (nSPS) is 28.3. The number of fused-ring (bicyclic) bond motifs is 1. The molecule has 3 aliphatic rings.